The van der Waals surface area contributed by atoms with Gasteiger partial charge in [-0.2, -0.15) is 0 Å². The Bertz CT molecular complexity index is 782. The van der Waals surface area contributed by atoms with Crippen LogP contribution >= 0.6 is 11.3 Å². The van der Waals surface area contributed by atoms with E-state index in [1.807, 2.05) is 29.6 Å². The van der Waals surface area contributed by atoms with Gasteiger partial charge in [-0.1, -0.05) is 6.07 Å². The van der Waals surface area contributed by atoms with Crippen molar-refractivity contribution in [3.05, 3.63) is 41.9 Å². The zero-order valence-electron chi connectivity index (χ0n) is 10.8. The second-order valence-electron chi connectivity index (χ2n) is 4.37. The first-order valence-corrected chi connectivity index (χ1v) is 6.97. The van der Waals surface area contributed by atoms with E-state index >= 15 is 0 Å². The molecule has 0 spiro atoms. The van der Waals surface area contributed by atoms with Gasteiger partial charge in [-0.05, 0) is 29.6 Å². The molecule has 0 saturated carbocycles. The van der Waals surface area contributed by atoms with Gasteiger partial charge >= 0.3 is 0 Å². The summed E-state index contributed by atoms with van der Waals surface area (Å²) in [5.41, 5.74) is 1.89. The molecule has 20 heavy (non-hydrogen) atoms. The van der Waals surface area contributed by atoms with E-state index < -0.39 is 0 Å². The van der Waals surface area contributed by atoms with Gasteiger partial charge < -0.3 is 10.4 Å². The van der Waals surface area contributed by atoms with Gasteiger partial charge in [0.05, 0.1) is 5.69 Å². The summed E-state index contributed by atoms with van der Waals surface area (Å²) >= 11 is 1.63. The Hall–Kier alpha value is -2.40. The molecule has 3 aromatic rings. The molecular weight excluding hydrogens is 272 g/mol. The van der Waals surface area contributed by atoms with Crippen LogP contribution in [0.15, 0.2) is 41.9 Å². The molecule has 1 aromatic carbocycles. The number of carbonyl (C=O) groups excluding carboxylic acids is 1. The van der Waals surface area contributed by atoms with Crippen molar-refractivity contribution in [3.63, 3.8) is 0 Å². The van der Waals surface area contributed by atoms with E-state index in [1.54, 1.807) is 23.6 Å². The molecule has 0 aliphatic rings. The Morgan fingerprint density at radius 1 is 1.30 bits per heavy atom. The van der Waals surface area contributed by atoms with Crippen LogP contribution in [0.1, 0.15) is 6.92 Å². The summed E-state index contributed by atoms with van der Waals surface area (Å²) in [5.74, 6) is -0.231. The highest BCUT2D eigenvalue weighted by molar-refractivity contribution is 7.13. The smallest absolute Gasteiger partial charge is 0.221 e. The maximum Gasteiger partial charge on any atom is 0.221 e. The predicted molar refractivity (Wildman–Crippen MR) is 81.0 cm³/mol. The third-order valence-corrected chi connectivity index (χ3v) is 3.89. The fraction of sp³-hybridized carbons (Fsp3) is 0.0667. The fourth-order valence-electron chi connectivity index (χ4n) is 2.14. The minimum Gasteiger partial charge on any atom is -0.504 e. The SMILES string of the molecule is CC(=O)Nc1ccc2c(-c3cccs3)ccnc2c1O. The standard InChI is InChI=1S/C15H12N2O2S/c1-9(18)17-12-5-4-11-10(13-3-2-8-20-13)6-7-16-14(11)15(12)19/h2-8,19H,1H3,(H,17,18). The molecule has 0 aliphatic heterocycles. The first kappa shape index (κ1) is 12.6. The number of phenolic OH excluding ortho intramolecular Hbond substituents is 1. The quantitative estimate of drug-likeness (QED) is 0.706. The Morgan fingerprint density at radius 3 is 2.85 bits per heavy atom. The van der Waals surface area contributed by atoms with Crippen LogP contribution in [0.2, 0.25) is 0 Å². The van der Waals surface area contributed by atoms with Crippen LogP contribution in [-0.2, 0) is 4.79 Å². The van der Waals surface area contributed by atoms with Crippen LogP contribution in [0.25, 0.3) is 21.3 Å². The number of nitrogens with one attached hydrogen (secondary N) is 1. The van der Waals surface area contributed by atoms with E-state index in [1.165, 1.54) is 6.92 Å². The fourth-order valence-corrected chi connectivity index (χ4v) is 2.91. The molecule has 100 valence electrons. The van der Waals surface area contributed by atoms with E-state index in [0.29, 0.717) is 11.2 Å². The van der Waals surface area contributed by atoms with E-state index in [2.05, 4.69) is 10.3 Å². The first-order chi connectivity index (χ1) is 9.66. The summed E-state index contributed by atoms with van der Waals surface area (Å²) in [7, 11) is 0. The third kappa shape index (κ3) is 2.12. The van der Waals surface area contributed by atoms with E-state index in [9.17, 15) is 9.90 Å². The lowest BCUT2D eigenvalue weighted by molar-refractivity contribution is -0.114. The van der Waals surface area contributed by atoms with Crippen LogP contribution in [-0.4, -0.2) is 16.0 Å². The number of phenols is 1. The molecule has 0 aliphatic carbocycles. The Morgan fingerprint density at radius 2 is 2.15 bits per heavy atom. The maximum atomic E-state index is 11.1. The zero-order chi connectivity index (χ0) is 14.1. The van der Waals surface area contributed by atoms with Gasteiger partial charge in [-0.15, -0.1) is 11.3 Å². The molecule has 0 saturated heterocycles. The minimum atomic E-state index is -0.228. The number of aromatic hydroxyl groups is 1. The number of nitrogens with zero attached hydrogens (tertiary/aromatic N) is 1. The number of pyridine rings is 1. The van der Waals surface area contributed by atoms with Crippen molar-refractivity contribution < 1.29 is 9.90 Å². The number of aromatic nitrogens is 1. The Kier molecular flexibility index (Phi) is 3.12. The molecule has 0 radical (unpaired) electrons. The molecule has 2 N–H and O–H groups in total. The Balaban J connectivity index is 2.22. The van der Waals surface area contributed by atoms with Crippen molar-refractivity contribution in [3.8, 4) is 16.2 Å². The topological polar surface area (TPSA) is 62.2 Å². The van der Waals surface area contributed by atoms with Crippen LogP contribution in [0.5, 0.6) is 5.75 Å². The van der Waals surface area contributed by atoms with Crippen molar-refractivity contribution in [2.75, 3.05) is 5.32 Å². The van der Waals surface area contributed by atoms with Gasteiger partial charge in [-0.3, -0.25) is 9.78 Å². The van der Waals surface area contributed by atoms with Gasteiger partial charge in [0.1, 0.15) is 5.52 Å². The lowest BCUT2D eigenvalue weighted by Crippen LogP contribution is -2.06. The molecule has 0 unspecified atom stereocenters. The highest BCUT2D eigenvalue weighted by atomic mass is 32.1. The van der Waals surface area contributed by atoms with Gasteiger partial charge in [0.2, 0.25) is 5.91 Å². The van der Waals surface area contributed by atoms with Crippen molar-refractivity contribution in [1.82, 2.24) is 4.98 Å². The van der Waals surface area contributed by atoms with Crippen LogP contribution in [0, 0.1) is 0 Å². The van der Waals surface area contributed by atoms with Crippen LogP contribution < -0.4 is 5.32 Å². The molecule has 0 bridgehead atoms. The number of rotatable bonds is 2. The molecule has 0 fully saturated rings. The van der Waals surface area contributed by atoms with Crippen molar-refractivity contribution in [2.24, 2.45) is 0 Å². The maximum absolute atomic E-state index is 11.1. The van der Waals surface area contributed by atoms with Gasteiger partial charge in [0.15, 0.2) is 5.75 Å². The van der Waals surface area contributed by atoms with Gasteiger partial charge in [-0.25, -0.2) is 0 Å². The third-order valence-electron chi connectivity index (χ3n) is 2.98. The van der Waals surface area contributed by atoms with Crippen LogP contribution in [0.3, 0.4) is 0 Å². The number of amides is 1. The molecule has 1 amide bonds. The van der Waals surface area contributed by atoms with Crippen molar-refractivity contribution in [2.45, 2.75) is 6.92 Å². The highest BCUT2D eigenvalue weighted by Gasteiger charge is 2.12. The number of anilines is 1. The Labute approximate surface area is 119 Å². The zero-order valence-corrected chi connectivity index (χ0v) is 11.6. The van der Waals surface area contributed by atoms with Crippen LogP contribution in [0.4, 0.5) is 5.69 Å². The second-order valence-corrected chi connectivity index (χ2v) is 5.32. The average molecular weight is 284 g/mol. The number of fused-ring (bicyclic) bond motifs is 1. The second kappa shape index (κ2) is 4.94. The molecule has 5 heteroatoms. The number of thiophene rings is 1. The van der Waals surface area contributed by atoms with E-state index in [4.69, 9.17) is 0 Å². The van der Waals surface area contributed by atoms with Gasteiger partial charge in [0.25, 0.3) is 0 Å². The minimum absolute atomic E-state index is 0.00361. The monoisotopic (exact) mass is 284 g/mol. The van der Waals surface area contributed by atoms with Crippen molar-refractivity contribution >= 4 is 33.8 Å². The van der Waals surface area contributed by atoms with E-state index in [-0.39, 0.29) is 11.7 Å². The summed E-state index contributed by atoms with van der Waals surface area (Å²) in [4.78, 5) is 16.5. The lowest BCUT2D eigenvalue weighted by Gasteiger charge is -2.10. The number of hydrogen-bond acceptors (Lipinski definition) is 4. The molecule has 0 atom stereocenters. The molecule has 2 heterocycles. The highest BCUT2D eigenvalue weighted by Crippen LogP contribution is 2.37. The normalized spacial score (nSPS) is 10.7. The first-order valence-electron chi connectivity index (χ1n) is 6.09. The summed E-state index contributed by atoms with van der Waals surface area (Å²) in [6.45, 7) is 1.40. The predicted octanol–water partition coefficient (Wildman–Crippen LogP) is 3.63. The van der Waals surface area contributed by atoms with E-state index in [0.717, 1.165) is 15.8 Å². The summed E-state index contributed by atoms with van der Waals surface area (Å²) < 4.78 is 0. The van der Waals surface area contributed by atoms with Gasteiger partial charge in [0, 0.05) is 28.9 Å². The average Bonchev–Trinajstić information content (AvgIpc) is 2.95. The number of benzene rings is 1. The summed E-state index contributed by atoms with van der Waals surface area (Å²) in [6, 6.07) is 9.49. The largest absolute Gasteiger partial charge is 0.504 e. The van der Waals surface area contributed by atoms with Crippen molar-refractivity contribution in [1.29, 1.82) is 0 Å². The summed E-state index contributed by atoms with van der Waals surface area (Å²) in [6.07, 6.45) is 1.66. The molecule has 2 aromatic heterocycles. The molecule has 4 nitrogen and oxygen atoms in total. The molecular formula is C15H12N2O2S. The summed E-state index contributed by atoms with van der Waals surface area (Å²) in [5, 5.41) is 15.7. The number of carbonyl (C=O) groups is 1. The lowest BCUT2D eigenvalue weighted by atomic mass is 10.1. The molecule has 3 rings (SSSR count). The number of hydrogen-bond donors (Lipinski definition) is 2.